The molecule has 2 amide bonds. The Labute approximate surface area is 215 Å². The molecule has 38 heavy (non-hydrogen) atoms. The van der Waals surface area contributed by atoms with Crippen LogP contribution in [-0.2, 0) is 16.0 Å². The molecule has 0 radical (unpaired) electrons. The van der Waals surface area contributed by atoms with Crippen molar-refractivity contribution in [2.45, 2.75) is 38.5 Å². The van der Waals surface area contributed by atoms with Crippen molar-refractivity contribution in [1.82, 2.24) is 20.8 Å². The fourth-order valence-corrected chi connectivity index (χ4v) is 3.79. The number of azo groups is 1. The zero-order chi connectivity index (χ0) is 27.0. The number of ether oxygens (including phenoxy) is 1. The summed E-state index contributed by atoms with van der Waals surface area (Å²) < 4.78 is 45.8. The Morgan fingerprint density at radius 2 is 1.84 bits per heavy atom. The van der Waals surface area contributed by atoms with E-state index in [4.69, 9.17) is 4.52 Å². The molecule has 2 heterocycles. The van der Waals surface area contributed by atoms with Gasteiger partial charge in [-0.25, -0.2) is 0 Å². The first-order chi connectivity index (χ1) is 18.3. The van der Waals surface area contributed by atoms with Gasteiger partial charge in [-0.05, 0) is 43.5 Å². The van der Waals surface area contributed by atoms with Crippen LogP contribution in [0.1, 0.15) is 31.6 Å². The smallest absolute Gasteiger partial charge is 0.406 e. The molecule has 4 rings (SSSR count). The third-order valence-electron chi connectivity index (χ3n) is 5.64. The number of hydrogen-bond donors (Lipinski definition) is 2. The highest BCUT2D eigenvalue weighted by atomic mass is 19.4. The molecule has 0 bridgehead atoms. The van der Waals surface area contributed by atoms with Crippen molar-refractivity contribution in [3.63, 3.8) is 0 Å². The van der Waals surface area contributed by atoms with Crippen molar-refractivity contribution < 1.29 is 32.0 Å². The number of rotatable bonds is 12. The van der Waals surface area contributed by atoms with E-state index in [9.17, 15) is 22.8 Å². The molecular weight excluding hydrogens is 505 g/mol. The van der Waals surface area contributed by atoms with Gasteiger partial charge in [0.25, 0.3) is 5.91 Å². The summed E-state index contributed by atoms with van der Waals surface area (Å²) in [6.45, 7) is 1.15. The number of nitrogens with one attached hydrogen (secondary N) is 2. The predicted molar refractivity (Wildman–Crippen MR) is 128 cm³/mol. The van der Waals surface area contributed by atoms with Crippen LogP contribution in [0.25, 0.3) is 11.4 Å². The van der Waals surface area contributed by atoms with Gasteiger partial charge in [0, 0.05) is 37.1 Å². The van der Waals surface area contributed by atoms with Crippen LogP contribution in [-0.4, -0.2) is 41.4 Å². The molecular formula is C25H25F3N6O4. The van der Waals surface area contributed by atoms with E-state index in [-0.39, 0.29) is 35.7 Å². The van der Waals surface area contributed by atoms with E-state index >= 15 is 0 Å². The van der Waals surface area contributed by atoms with Gasteiger partial charge in [-0.15, -0.1) is 23.4 Å². The van der Waals surface area contributed by atoms with Gasteiger partial charge in [-0.1, -0.05) is 29.5 Å². The topological polar surface area (TPSA) is 131 Å². The first-order valence-electron chi connectivity index (χ1n) is 12.0. The summed E-state index contributed by atoms with van der Waals surface area (Å²) in [6, 6.07) is 5.14. The van der Waals surface area contributed by atoms with Crippen molar-refractivity contribution in [2.24, 2.45) is 16.1 Å². The summed E-state index contributed by atoms with van der Waals surface area (Å²) in [4.78, 5) is 28.1. The molecule has 1 atom stereocenters. The zero-order valence-electron chi connectivity index (χ0n) is 20.2. The van der Waals surface area contributed by atoms with Crippen molar-refractivity contribution in [3.05, 3.63) is 65.9 Å². The van der Waals surface area contributed by atoms with E-state index in [0.29, 0.717) is 43.2 Å². The Hall–Kier alpha value is -4.29. The average Bonchev–Trinajstić information content (AvgIpc) is 3.36. The summed E-state index contributed by atoms with van der Waals surface area (Å²) in [5.74, 6) is 0.0670. The molecule has 10 nitrogen and oxygen atoms in total. The maximum Gasteiger partial charge on any atom is 0.573 e. The maximum atomic E-state index is 12.3. The number of nitrogens with zero attached hydrogens (tertiary/aromatic N) is 4. The van der Waals surface area contributed by atoms with Gasteiger partial charge in [0.05, 0.1) is 5.92 Å². The van der Waals surface area contributed by atoms with E-state index in [1.54, 1.807) is 6.08 Å². The van der Waals surface area contributed by atoms with Gasteiger partial charge in [0.1, 0.15) is 5.75 Å². The van der Waals surface area contributed by atoms with Crippen LogP contribution in [0, 0.1) is 5.92 Å². The fourth-order valence-electron chi connectivity index (χ4n) is 3.79. The molecule has 1 aromatic carbocycles. The minimum absolute atomic E-state index is 0.0931. The van der Waals surface area contributed by atoms with Crippen LogP contribution in [0.2, 0.25) is 0 Å². The molecule has 2 aliphatic rings. The third kappa shape index (κ3) is 7.60. The van der Waals surface area contributed by atoms with Gasteiger partial charge in [0.2, 0.25) is 17.6 Å². The van der Waals surface area contributed by atoms with Gasteiger partial charge in [-0.3, -0.25) is 9.59 Å². The van der Waals surface area contributed by atoms with Crippen molar-refractivity contribution in [3.8, 4) is 17.1 Å². The lowest BCUT2D eigenvalue weighted by Crippen LogP contribution is -2.26. The molecule has 0 spiro atoms. The Morgan fingerprint density at radius 1 is 1.05 bits per heavy atom. The first-order valence-corrected chi connectivity index (χ1v) is 12.0. The lowest BCUT2D eigenvalue weighted by atomic mass is 9.93. The van der Waals surface area contributed by atoms with Crippen molar-refractivity contribution >= 4 is 11.8 Å². The second kappa shape index (κ2) is 12.3. The number of aromatic nitrogens is 2. The highest BCUT2D eigenvalue weighted by Gasteiger charge is 2.31. The highest BCUT2D eigenvalue weighted by Crippen LogP contribution is 2.27. The number of allylic oxidation sites excluding steroid dienone is 3. The number of carbonyl (C=O) groups is 2. The van der Waals surface area contributed by atoms with Gasteiger partial charge in [-0.2, -0.15) is 4.98 Å². The maximum absolute atomic E-state index is 12.3. The summed E-state index contributed by atoms with van der Waals surface area (Å²) in [6.07, 6.45) is 5.28. The van der Waals surface area contributed by atoms with Crippen LogP contribution < -0.4 is 15.4 Å². The number of benzene rings is 1. The summed E-state index contributed by atoms with van der Waals surface area (Å²) >= 11 is 0. The Bertz CT molecular complexity index is 1260. The molecule has 1 aliphatic carbocycles. The lowest BCUT2D eigenvalue weighted by molar-refractivity contribution is -0.274. The number of alkyl halides is 3. The highest BCUT2D eigenvalue weighted by molar-refractivity contribution is 5.86. The standard InChI is InChI=1S/C25H25F3N6O4/c26-25(27,28)37-17-12-10-16(11-13-17)22-31-21(38-34-22)9-5-8-20(35)29-14-3-4-15-30-23-18-6-1-2-7-19(18)24(36)33-32-23/h1-2,6-7,10-13,19,30H,3-5,8-9,14-15H2,(H,29,35). The van der Waals surface area contributed by atoms with Gasteiger partial charge >= 0.3 is 6.36 Å². The van der Waals surface area contributed by atoms with Crippen LogP contribution >= 0.6 is 0 Å². The predicted octanol–water partition coefficient (Wildman–Crippen LogP) is 4.39. The monoisotopic (exact) mass is 530 g/mol. The molecule has 1 unspecified atom stereocenters. The second-order valence-electron chi connectivity index (χ2n) is 8.49. The van der Waals surface area contributed by atoms with Crippen LogP contribution in [0.15, 0.2) is 74.7 Å². The largest absolute Gasteiger partial charge is 0.573 e. The molecule has 1 aromatic heterocycles. The Morgan fingerprint density at radius 3 is 2.63 bits per heavy atom. The van der Waals surface area contributed by atoms with E-state index in [0.717, 1.165) is 18.4 Å². The molecule has 200 valence electrons. The van der Waals surface area contributed by atoms with Gasteiger partial charge < -0.3 is 19.9 Å². The molecule has 0 saturated carbocycles. The Balaban J connectivity index is 1.10. The minimum atomic E-state index is -4.76. The number of fused-ring (bicyclic) bond motifs is 1. The normalized spacial score (nSPS) is 16.5. The fraction of sp³-hybridized carbons (Fsp3) is 0.360. The lowest BCUT2D eigenvalue weighted by Gasteiger charge is -2.20. The van der Waals surface area contributed by atoms with E-state index in [1.165, 1.54) is 24.3 Å². The molecule has 2 N–H and O–H groups in total. The molecule has 0 saturated heterocycles. The Kier molecular flexibility index (Phi) is 8.66. The number of halogens is 3. The summed E-state index contributed by atoms with van der Waals surface area (Å²) in [7, 11) is 0. The number of hydrogen-bond acceptors (Lipinski definition) is 8. The third-order valence-corrected chi connectivity index (χ3v) is 5.64. The minimum Gasteiger partial charge on any atom is -0.406 e. The van der Waals surface area contributed by atoms with E-state index in [1.807, 2.05) is 18.2 Å². The second-order valence-corrected chi connectivity index (χ2v) is 8.49. The summed E-state index contributed by atoms with van der Waals surface area (Å²) in [5, 5.41) is 17.5. The van der Waals surface area contributed by atoms with Crippen molar-refractivity contribution in [2.75, 3.05) is 13.1 Å². The SMILES string of the molecule is O=C(CCCc1nc(-c2ccc(OC(F)(F)F)cc2)no1)NCCCCNC1=C2C=CC=CC2C(=O)N=N1. The van der Waals surface area contributed by atoms with Crippen LogP contribution in [0.5, 0.6) is 5.75 Å². The van der Waals surface area contributed by atoms with E-state index < -0.39 is 6.36 Å². The quantitative estimate of drug-likeness (QED) is 0.389. The number of carbonyl (C=O) groups excluding carboxylic acids is 2. The van der Waals surface area contributed by atoms with Crippen LogP contribution in [0.4, 0.5) is 13.2 Å². The zero-order valence-corrected chi connectivity index (χ0v) is 20.2. The first kappa shape index (κ1) is 26.8. The average molecular weight is 531 g/mol. The van der Waals surface area contributed by atoms with Crippen LogP contribution in [0.3, 0.4) is 0 Å². The summed E-state index contributed by atoms with van der Waals surface area (Å²) in [5.41, 5.74) is 1.29. The number of aryl methyl sites for hydroxylation is 1. The van der Waals surface area contributed by atoms with Crippen molar-refractivity contribution in [1.29, 1.82) is 0 Å². The molecule has 0 fully saturated rings. The number of amides is 2. The van der Waals surface area contributed by atoms with E-state index in [2.05, 4.69) is 35.7 Å². The molecule has 2 aromatic rings. The van der Waals surface area contributed by atoms with Gasteiger partial charge in [0.15, 0.2) is 5.82 Å². The number of unbranched alkanes of at least 4 members (excludes halogenated alkanes) is 1. The molecule has 13 heteroatoms. The molecule has 1 aliphatic heterocycles.